The minimum atomic E-state index is -0.926. The van der Waals surface area contributed by atoms with Crippen LogP contribution in [0.15, 0.2) is 30.3 Å². The van der Waals surface area contributed by atoms with Crippen LogP contribution in [0.5, 0.6) is 28.7 Å². The number of phenolic OH excluding ortho intramolecular Hbond substituents is 1. The summed E-state index contributed by atoms with van der Waals surface area (Å²) in [7, 11) is 5.85. The Kier molecular flexibility index (Phi) is 9.20. The van der Waals surface area contributed by atoms with Crippen molar-refractivity contribution in [3.63, 3.8) is 0 Å². The Bertz CT molecular complexity index is 815. The molecule has 2 aromatic rings. The smallest absolute Gasteiger partial charge is 0.204 e. The Hall–Kier alpha value is -2.72. The van der Waals surface area contributed by atoms with Gasteiger partial charge >= 0.3 is 0 Å². The molecule has 0 aliphatic carbocycles. The SMILES string of the molecule is COc1cc(O)cc(C(OC)C(CO)Oc2c(OC)cc(CC(O)CO)cc2OC)c1. The summed E-state index contributed by atoms with van der Waals surface area (Å²) in [5.41, 5.74) is 1.21. The lowest BCUT2D eigenvalue weighted by Crippen LogP contribution is -2.31. The summed E-state index contributed by atoms with van der Waals surface area (Å²) in [5, 5.41) is 38.9. The molecule has 0 saturated heterocycles. The third-order valence-corrected chi connectivity index (χ3v) is 4.72. The molecule has 0 aliphatic rings. The summed E-state index contributed by atoms with van der Waals surface area (Å²) < 4.78 is 27.7. The molecule has 9 nitrogen and oxygen atoms in total. The second kappa shape index (κ2) is 11.6. The van der Waals surface area contributed by atoms with E-state index in [4.69, 9.17) is 28.8 Å². The molecule has 0 bridgehead atoms. The lowest BCUT2D eigenvalue weighted by atomic mass is 10.0. The maximum absolute atomic E-state index is 10.0. The van der Waals surface area contributed by atoms with Crippen molar-refractivity contribution < 1.29 is 44.1 Å². The minimum absolute atomic E-state index is 0.0185. The predicted molar refractivity (Wildman–Crippen MR) is 112 cm³/mol. The first kappa shape index (κ1) is 24.5. The number of rotatable bonds is 12. The molecule has 0 aliphatic heterocycles. The van der Waals surface area contributed by atoms with Crippen LogP contribution < -0.4 is 18.9 Å². The quantitative estimate of drug-likeness (QED) is 0.389. The molecule has 0 fully saturated rings. The second-order valence-corrected chi connectivity index (χ2v) is 6.83. The Labute approximate surface area is 181 Å². The van der Waals surface area contributed by atoms with Gasteiger partial charge in [0.1, 0.15) is 17.6 Å². The molecule has 172 valence electrons. The average molecular weight is 438 g/mol. The maximum Gasteiger partial charge on any atom is 0.204 e. The molecule has 0 heterocycles. The summed E-state index contributed by atoms with van der Waals surface area (Å²) in [6.45, 7) is -0.786. The lowest BCUT2D eigenvalue weighted by Gasteiger charge is -2.28. The molecule has 0 spiro atoms. The number of ether oxygens (including phenoxy) is 5. The zero-order valence-electron chi connectivity index (χ0n) is 18.1. The van der Waals surface area contributed by atoms with E-state index >= 15 is 0 Å². The molecule has 0 radical (unpaired) electrons. The van der Waals surface area contributed by atoms with Gasteiger partial charge in [-0.05, 0) is 35.4 Å². The van der Waals surface area contributed by atoms with E-state index in [1.54, 1.807) is 18.2 Å². The van der Waals surface area contributed by atoms with E-state index in [0.717, 1.165) is 0 Å². The van der Waals surface area contributed by atoms with Crippen LogP contribution in [-0.4, -0.2) is 74.3 Å². The van der Waals surface area contributed by atoms with Crippen LogP contribution in [0.4, 0.5) is 0 Å². The highest BCUT2D eigenvalue weighted by atomic mass is 16.6. The van der Waals surface area contributed by atoms with Crippen LogP contribution in [0.3, 0.4) is 0 Å². The predicted octanol–water partition coefficient (Wildman–Crippen LogP) is 1.44. The van der Waals surface area contributed by atoms with Gasteiger partial charge in [0.2, 0.25) is 5.75 Å². The van der Waals surface area contributed by atoms with Crippen molar-refractivity contribution in [3.8, 4) is 28.7 Å². The Morgan fingerprint density at radius 2 is 1.48 bits per heavy atom. The van der Waals surface area contributed by atoms with Gasteiger partial charge < -0.3 is 44.1 Å². The molecule has 0 aromatic heterocycles. The normalized spacial score (nSPS) is 13.9. The monoisotopic (exact) mass is 438 g/mol. The molecular formula is C22H30O9. The Morgan fingerprint density at radius 3 is 1.97 bits per heavy atom. The van der Waals surface area contributed by atoms with Crippen molar-refractivity contribution in [2.75, 3.05) is 41.7 Å². The first-order valence-corrected chi connectivity index (χ1v) is 9.62. The zero-order valence-corrected chi connectivity index (χ0v) is 18.1. The third kappa shape index (κ3) is 6.14. The van der Waals surface area contributed by atoms with Crippen LogP contribution in [-0.2, 0) is 11.2 Å². The van der Waals surface area contributed by atoms with Crippen molar-refractivity contribution in [2.24, 2.45) is 0 Å². The van der Waals surface area contributed by atoms with Gasteiger partial charge in [0, 0.05) is 19.6 Å². The van der Waals surface area contributed by atoms with Crippen molar-refractivity contribution in [1.29, 1.82) is 0 Å². The van der Waals surface area contributed by atoms with Gasteiger partial charge in [0.05, 0.1) is 40.6 Å². The topological polar surface area (TPSA) is 127 Å². The molecule has 2 aromatic carbocycles. The second-order valence-electron chi connectivity index (χ2n) is 6.83. The molecule has 3 unspecified atom stereocenters. The zero-order chi connectivity index (χ0) is 23.0. The maximum atomic E-state index is 10.0. The fraction of sp³-hybridized carbons (Fsp3) is 0.455. The molecule has 0 amide bonds. The number of benzene rings is 2. The molecule has 9 heteroatoms. The van der Waals surface area contributed by atoms with Gasteiger partial charge in [0.15, 0.2) is 17.6 Å². The van der Waals surface area contributed by atoms with Crippen molar-refractivity contribution in [2.45, 2.75) is 24.7 Å². The standard InChI is InChI=1S/C22H30O9/c1-27-17-9-14(8-15(25)10-17)21(30-4)20(12-24)31-22-18(28-2)6-13(5-16(26)11-23)7-19(22)29-3/h6-10,16,20-21,23-26H,5,11-12H2,1-4H3. The lowest BCUT2D eigenvalue weighted by molar-refractivity contribution is -0.0274. The number of aliphatic hydroxyl groups excluding tert-OH is 3. The minimum Gasteiger partial charge on any atom is -0.508 e. The molecule has 3 atom stereocenters. The van der Waals surface area contributed by atoms with E-state index in [-0.39, 0.29) is 24.5 Å². The van der Waals surface area contributed by atoms with Gasteiger partial charge in [-0.1, -0.05) is 0 Å². The summed E-state index contributed by atoms with van der Waals surface area (Å²) >= 11 is 0. The average Bonchev–Trinajstić information content (AvgIpc) is 2.78. The van der Waals surface area contributed by atoms with Crippen LogP contribution in [0, 0.1) is 0 Å². The van der Waals surface area contributed by atoms with Crippen LogP contribution >= 0.6 is 0 Å². The molecule has 0 saturated carbocycles. The van der Waals surface area contributed by atoms with Gasteiger partial charge in [0.25, 0.3) is 0 Å². The molecule has 4 N–H and O–H groups in total. The van der Waals surface area contributed by atoms with Crippen LogP contribution in [0.2, 0.25) is 0 Å². The van der Waals surface area contributed by atoms with Crippen LogP contribution in [0.1, 0.15) is 17.2 Å². The highest BCUT2D eigenvalue weighted by Crippen LogP contribution is 2.41. The van der Waals surface area contributed by atoms with Crippen molar-refractivity contribution in [1.82, 2.24) is 0 Å². The fourth-order valence-electron chi connectivity index (χ4n) is 3.24. The van der Waals surface area contributed by atoms with Gasteiger partial charge in [-0.25, -0.2) is 0 Å². The van der Waals surface area contributed by atoms with Gasteiger partial charge in [-0.15, -0.1) is 0 Å². The third-order valence-electron chi connectivity index (χ3n) is 4.72. The number of hydrogen-bond acceptors (Lipinski definition) is 9. The Balaban J connectivity index is 2.42. The number of hydrogen-bond donors (Lipinski definition) is 4. The van der Waals surface area contributed by atoms with E-state index in [2.05, 4.69) is 0 Å². The molecule has 31 heavy (non-hydrogen) atoms. The van der Waals surface area contributed by atoms with Gasteiger partial charge in [-0.3, -0.25) is 0 Å². The fourth-order valence-corrected chi connectivity index (χ4v) is 3.24. The van der Waals surface area contributed by atoms with Gasteiger partial charge in [-0.2, -0.15) is 0 Å². The van der Waals surface area contributed by atoms with Crippen LogP contribution in [0.25, 0.3) is 0 Å². The Morgan fingerprint density at radius 1 is 0.839 bits per heavy atom. The summed E-state index contributed by atoms with van der Waals surface area (Å²) in [6, 6.07) is 7.94. The first-order valence-electron chi connectivity index (χ1n) is 9.62. The summed E-state index contributed by atoms with van der Waals surface area (Å²) in [4.78, 5) is 0. The van der Waals surface area contributed by atoms with E-state index in [1.807, 2.05) is 0 Å². The highest BCUT2D eigenvalue weighted by molar-refractivity contribution is 5.54. The number of phenols is 1. The summed E-state index contributed by atoms with van der Waals surface area (Å²) in [5.74, 6) is 1.29. The number of methoxy groups -OCH3 is 4. The van der Waals surface area contributed by atoms with E-state index in [0.29, 0.717) is 28.4 Å². The highest BCUT2D eigenvalue weighted by Gasteiger charge is 2.28. The molecule has 2 rings (SSSR count). The van der Waals surface area contributed by atoms with E-state index in [9.17, 15) is 15.3 Å². The van der Waals surface area contributed by atoms with Crippen molar-refractivity contribution in [3.05, 3.63) is 41.5 Å². The van der Waals surface area contributed by atoms with E-state index in [1.165, 1.54) is 40.6 Å². The largest absolute Gasteiger partial charge is 0.508 e. The number of aromatic hydroxyl groups is 1. The van der Waals surface area contributed by atoms with Crippen molar-refractivity contribution >= 4 is 0 Å². The van der Waals surface area contributed by atoms with E-state index < -0.39 is 24.9 Å². The number of aliphatic hydroxyl groups is 3. The molecular weight excluding hydrogens is 408 g/mol. The summed E-state index contributed by atoms with van der Waals surface area (Å²) in [6.07, 6.45) is -2.37. The first-order chi connectivity index (χ1) is 14.9.